The molecule has 4 nitrogen and oxygen atoms in total. The average Bonchev–Trinajstić information content (AvgIpc) is 3.31. The highest BCUT2D eigenvalue weighted by Gasteiger charge is 2.30. The fourth-order valence-corrected chi connectivity index (χ4v) is 4.51. The Balaban J connectivity index is 1.37. The second kappa shape index (κ2) is 9.26. The van der Waals surface area contributed by atoms with Crippen molar-refractivity contribution in [2.45, 2.75) is 12.7 Å². The van der Waals surface area contributed by atoms with Crippen molar-refractivity contribution in [3.63, 3.8) is 0 Å². The largest absolute Gasteiger partial charge is 0.493 e. The molecule has 0 radical (unpaired) electrons. The normalized spacial score (nSPS) is 15.1. The van der Waals surface area contributed by atoms with Gasteiger partial charge in [-0.15, -0.1) is 0 Å². The summed E-state index contributed by atoms with van der Waals surface area (Å²) in [4.78, 5) is 4.35. The van der Waals surface area contributed by atoms with E-state index in [2.05, 4.69) is 9.80 Å². The van der Waals surface area contributed by atoms with Gasteiger partial charge in [0.25, 0.3) is 0 Å². The van der Waals surface area contributed by atoms with Gasteiger partial charge in [0.1, 0.15) is 11.6 Å². The van der Waals surface area contributed by atoms with E-state index in [4.69, 9.17) is 9.15 Å². The lowest BCUT2D eigenvalue weighted by atomic mass is 10.1. The van der Waals surface area contributed by atoms with E-state index in [0.717, 1.165) is 36.2 Å². The zero-order valence-electron chi connectivity index (χ0n) is 19.1. The molecular weight excluding hydrogens is 460 g/mol. The van der Waals surface area contributed by atoms with Crippen LogP contribution in [0.15, 0.2) is 71.1 Å². The molecule has 4 aromatic rings. The first-order valence-corrected chi connectivity index (χ1v) is 11.3. The summed E-state index contributed by atoms with van der Waals surface area (Å²) in [6.45, 7) is 3.62. The van der Waals surface area contributed by atoms with Crippen molar-refractivity contribution in [2.75, 3.05) is 38.2 Å². The second-order valence-electron chi connectivity index (χ2n) is 8.57. The van der Waals surface area contributed by atoms with E-state index < -0.39 is 11.7 Å². The third-order valence-corrected chi connectivity index (χ3v) is 6.41. The maximum atomic E-state index is 14.2. The van der Waals surface area contributed by atoms with Crippen molar-refractivity contribution in [1.82, 2.24) is 4.90 Å². The van der Waals surface area contributed by atoms with Crippen LogP contribution >= 0.6 is 0 Å². The van der Waals surface area contributed by atoms with Gasteiger partial charge in [0.15, 0.2) is 11.3 Å². The quantitative estimate of drug-likeness (QED) is 0.299. The van der Waals surface area contributed by atoms with Gasteiger partial charge in [0.2, 0.25) is 0 Å². The molecule has 182 valence electrons. The highest BCUT2D eigenvalue weighted by molar-refractivity contribution is 5.90. The number of fused-ring (bicyclic) bond motifs is 1. The summed E-state index contributed by atoms with van der Waals surface area (Å²) in [6.07, 6.45) is -4.39. The number of hydrogen-bond donors (Lipinski definition) is 0. The molecule has 0 bridgehead atoms. The molecule has 35 heavy (non-hydrogen) atoms. The molecule has 5 rings (SSSR count). The van der Waals surface area contributed by atoms with Gasteiger partial charge in [-0.25, -0.2) is 4.39 Å². The Morgan fingerprint density at radius 2 is 1.63 bits per heavy atom. The van der Waals surface area contributed by atoms with Gasteiger partial charge < -0.3 is 14.1 Å². The first kappa shape index (κ1) is 23.2. The SMILES string of the molecule is COc1ccc(CN2CCN(c3ccccc3F)CC2)c2cc(-c3ccc(C(F)(F)F)cc3)oc12. The Labute approximate surface area is 200 Å². The highest BCUT2D eigenvalue weighted by atomic mass is 19.4. The number of alkyl halides is 3. The molecule has 0 N–H and O–H groups in total. The summed E-state index contributed by atoms with van der Waals surface area (Å²) in [7, 11) is 1.55. The molecule has 0 amide bonds. The number of halogens is 4. The van der Waals surface area contributed by atoms with E-state index in [-0.39, 0.29) is 5.82 Å². The van der Waals surface area contributed by atoms with Gasteiger partial charge in [-0.05, 0) is 42.0 Å². The smallest absolute Gasteiger partial charge is 0.416 e. The minimum Gasteiger partial charge on any atom is -0.493 e. The summed E-state index contributed by atoms with van der Waals surface area (Å²) < 4.78 is 64.5. The van der Waals surface area contributed by atoms with E-state index >= 15 is 0 Å². The molecule has 3 aromatic carbocycles. The number of benzene rings is 3. The van der Waals surface area contributed by atoms with Crippen molar-refractivity contribution < 1.29 is 26.7 Å². The minimum atomic E-state index is -4.39. The molecular formula is C27H24F4N2O2. The first-order valence-electron chi connectivity index (χ1n) is 11.3. The van der Waals surface area contributed by atoms with Gasteiger partial charge in [-0.3, -0.25) is 4.90 Å². The first-order chi connectivity index (χ1) is 16.8. The standard InChI is InChI=1S/C27H24F4N2O2/c1-34-24-11-8-19(17-32-12-14-33(15-13-32)23-5-3-2-4-22(23)28)21-16-25(35-26(21)24)18-6-9-20(10-7-18)27(29,30)31/h2-11,16H,12-15,17H2,1H3. The Morgan fingerprint density at radius 1 is 0.914 bits per heavy atom. The van der Waals surface area contributed by atoms with Gasteiger partial charge in [0, 0.05) is 43.7 Å². The van der Waals surface area contributed by atoms with Crippen molar-refractivity contribution >= 4 is 16.7 Å². The van der Waals surface area contributed by atoms with Crippen LogP contribution in [0.5, 0.6) is 5.75 Å². The van der Waals surface area contributed by atoms with Gasteiger partial charge in [0.05, 0.1) is 18.4 Å². The van der Waals surface area contributed by atoms with Crippen molar-refractivity contribution in [3.05, 3.63) is 83.7 Å². The van der Waals surface area contributed by atoms with Crippen LogP contribution in [0.4, 0.5) is 23.2 Å². The molecule has 1 aliphatic heterocycles. The van der Waals surface area contributed by atoms with Crippen molar-refractivity contribution in [1.29, 1.82) is 0 Å². The third-order valence-electron chi connectivity index (χ3n) is 6.41. The summed E-state index contributed by atoms with van der Waals surface area (Å²) in [5.74, 6) is 0.821. The summed E-state index contributed by atoms with van der Waals surface area (Å²) >= 11 is 0. The monoisotopic (exact) mass is 484 g/mol. The van der Waals surface area contributed by atoms with Gasteiger partial charge in [-0.1, -0.05) is 30.3 Å². The molecule has 0 saturated carbocycles. The zero-order chi connectivity index (χ0) is 24.6. The Bertz CT molecular complexity index is 1320. The van der Waals surface area contributed by atoms with E-state index in [1.807, 2.05) is 24.3 Å². The molecule has 0 unspecified atom stereocenters. The van der Waals surface area contributed by atoms with E-state index in [1.54, 1.807) is 19.2 Å². The number of ether oxygens (including phenoxy) is 1. The maximum absolute atomic E-state index is 14.2. The fourth-order valence-electron chi connectivity index (χ4n) is 4.51. The second-order valence-corrected chi connectivity index (χ2v) is 8.57. The average molecular weight is 484 g/mol. The van der Waals surface area contributed by atoms with Crippen LogP contribution in [0.2, 0.25) is 0 Å². The number of rotatable bonds is 5. The Hall–Kier alpha value is -3.52. The molecule has 0 atom stereocenters. The summed E-state index contributed by atoms with van der Waals surface area (Å²) in [6, 6.07) is 17.4. The third kappa shape index (κ3) is 4.71. The highest BCUT2D eigenvalue weighted by Crippen LogP contribution is 2.37. The molecule has 0 aliphatic carbocycles. The lowest BCUT2D eigenvalue weighted by Crippen LogP contribution is -2.46. The number of furan rings is 1. The zero-order valence-corrected chi connectivity index (χ0v) is 19.1. The molecule has 1 aliphatic rings. The predicted octanol–water partition coefficient (Wildman–Crippen LogP) is 6.59. The number of para-hydroxylation sites is 1. The number of piperazine rings is 1. The van der Waals surface area contributed by atoms with E-state index in [1.165, 1.54) is 18.2 Å². The number of nitrogens with zero attached hydrogens (tertiary/aromatic N) is 2. The van der Waals surface area contributed by atoms with Gasteiger partial charge in [-0.2, -0.15) is 13.2 Å². The van der Waals surface area contributed by atoms with E-state index in [0.29, 0.717) is 48.0 Å². The predicted molar refractivity (Wildman–Crippen MR) is 127 cm³/mol. The van der Waals surface area contributed by atoms with Crippen LogP contribution in [0.1, 0.15) is 11.1 Å². The van der Waals surface area contributed by atoms with Crippen LogP contribution in [0, 0.1) is 5.82 Å². The summed E-state index contributed by atoms with van der Waals surface area (Å²) in [5.41, 5.74) is 2.06. The van der Waals surface area contributed by atoms with Crippen LogP contribution in [-0.2, 0) is 12.7 Å². The Kier molecular flexibility index (Phi) is 6.15. The minimum absolute atomic E-state index is 0.216. The van der Waals surface area contributed by atoms with Crippen molar-refractivity contribution in [3.8, 4) is 17.1 Å². The van der Waals surface area contributed by atoms with Gasteiger partial charge >= 0.3 is 6.18 Å². The molecule has 1 fully saturated rings. The molecule has 1 saturated heterocycles. The fraction of sp³-hybridized carbons (Fsp3) is 0.259. The van der Waals surface area contributed by atoms with E-state index in [9.17, 15) is 17.6 Å². The number of methoxy groups -OCH3 is 1. The topological polar surface area (TPSA) is 28.9 Å². The van der Waals surface area contributed by atoms with Crippen LogP contribution in [0.3, 0.4) is 0 Å². The van der Waals surface area contributed by atoms with Crippen LogP contribution < -0.4 is 9.64 Å². The van der Waals surface area contributed by atoms with Crippen molar-refractivity contribution in [2.24, 2.45) is 0 Å². The van der Waals surface area contributed by atoms with Crippen LogP contribution in [0.25, 0.3) is 22.3 Å². The molecule has 0 spiro atoms. The molecule has 8 heteroatoms. The van der Waals surface area contributed by atoms with Crippen LogP contribution in [-0.4, -0.2) is 38.2 Å². The number of anilines is 1. The summed E-state index contributed by atoms with van der Waals surface area (Å²) in [5, 5.41) is 0.857. The molecule has 1 aromatic heterocycles. The maximum Gasteiger partial charge on any atom is 0.416 e. The lowest BCUT2D eigenvalue weighted by molar-refractivity contribution is -0.137. The lowest BCUT2D eigenvalue weighted by Gasteiger charge is -2.36. The number of hydrogen-bond acceptors (Lipinski definition) is 4. The molecule has 2 heterocycles. The Morgan fingerprint density at radius 3 is 2.29 bits per heavy atom.